The van der Waals surface area contributed by atoms with Crippen molar-refractivity contribution in [3.05, 3.63) is 182 Å². The highest BCUT2D eigenvalue weighted by molar-refractivity contribution is 6.25. The number of furan rings is 1. The van der Waals surface area contributed by atoms with Crippen LogP contribution in [0, 0.1) is 0 Å². The van der Waals surface area contributed by atoms with E-state index in [1.165, 1.54) is 81.9 Å². The molecule has 0 fully saturated rings. The van der Waals surface area contributed by atoms with Crippen molar-refractivity contribution in [1.29, 1.82) is 0 Å². The Kier molecular flexibility index (Phi) is 6.02. The molecule has 0 saturated heterocycles. The summed E-state index contributed by atoms with van der Waals surface area (Å²) < 4.78 is 6.70. The van der Waals surface area contributed by atoms with Gasteiger partial charge in [0, 0.05) is 21.7 Å². The molecule has 0 spiro atoms. The van der Waals surface area contributed by atoms with Gasteiger partial charge in [-0.1, -0.05) is 164 Å². The van der Waals surface area contributed by atoms with Crippen molar-refractivity contribution in [1.82, 2.24) is 0 Å². The molecule has 10 aromatic carbocycles. The van der Waals surface area contributed by atoms with Gasteiger partial charge in [0.05, 0.1) is 0 Å². The maximum atomic E-state index is 6.70. The van der Waals surface area contributed by atoms with E-state index in [0.29, 0.717) is 0 Å². The summed E-state index contributed by atoms with van der Waals surface area (Å²) >= 11 is 0. The molecular weight excluding hydrogens is 617 g/mol. The fraction of sp³-hybridized carbons (Fsp3) is 0. The van der Waals surface area contributed by atoms with Gasteiger partial charge in [0.25, 0.3) is 0 Å². The molecule has 0 N–H and O–H groups in total. The van der Waals surface area contributed by atoms with Crippen LogP contribution in [-0.4, -0.2) is 0 Å². The second-order valence-electron chi connectivity index (χ2n) is 13.6. The number of fused-ring (bicyclic) bond motifs is 9. The Bertz CT molecular complexity index is 3120. The highest BCUT2D eigenvalue weighted by Crippen LogP contribution is 2.46. The van der Waals surface area contributed by atoms with Gasteiger partial charge >= 0.3 is 0 Å². The fourth-order valence-electron chi connectivity index (χ4n) is 8.53. The van der Waals surface area contributed by atoms with E-state index in [9.17, 15) is 0 Å². The minimum atomic E-state index is 0.917. The molecule has 0 unspecified atom stereocenters. The van der Waals surface area contributed by atoms with Crippen LogP contribution < -0.4 is 0 Å². The van der Waals surface area contributed by atoms with Gasteiger partial charge in [-0.25, -0.2) is 0 Å². The van der Waals surface area contributed by atoms with Crippen molar-refractivity contribution < 1.29 is 4.42 Å². The lowest BCUT2D eigenvalue weighted by Crippen LogP contribution is -1.91. The highest BCUT2D eigenvalue weighted by Gasteiger charge is 2.20. The summed E-state index contributed by atoms with van der Waals surface area (Å²) in [5, 5.41) is 14.6. The van der Waals surface area contributed by atoms with Crippen molar-refractivity contribution in [2.75, 3.05) is 0 Å². The fourth-order valence-corrected chi connectivity index (χ4v) is 8.53. The molecule has 1 heterocycles. The first-order chi connectivity index (χ1) is 25.3. The van der Waals surface area contributed by atoms with E-state index in [4.69, 9.17) is 4.42 Å². The summed E-state index contributed by atoms with van der Waals surface area (Å²) in [6.07, 6.45) is 0. The standard InChI is InChI=1S/C50H30O/c1-2-13-35-29-37(26-21-31(35)11-1)47-42-19-9-7-17-40(42)46(41-18-8-10-20-43(41)47)33-22-24-34(25-23-33)48-38-15-5-4-14-36(38)30-45-49(48)44-28-27-32-12-3-6-16-39(32)50(44)51-45/h1-30H. The smallest absolute Gasteiger partial charge is 0.143 e. The maximum Gasteiger partial charge on any atom is 0.143 e. The van der Waals surface area contributed by atoms with Crippen LogP contribution in [0.2, 0.25) is 0 Å². The first-order valence-electron chi connectivity index (χ1n) is 17.6. The van der Waals surface area contributed by atoms with Gasteiger partial charge in [-0.05, 0) is 94.5 Å². The Labute approximate surface area is 294 Å². The molecule has 0 aliphatic carbocycles. The average Bonchev–Trinajstić information content (AvgIpc) is 3.57. The third kappa shape index (κ3) is 4.22. The zero-order valence-corrected chi connectivity index (χ0v) is 27.7. The molecule has 1 heteroatoms. The molecule has 0 bridgehead atoms. The van der Waals surface area contributed by atoms with Crippen LogP contribution in [-0.2, 0) is 0 Å². The van der Waals surface area contributed by atoms with Gasteiger partial charge in [-0.2, -0.15) is 0 Å². The van der Waals surface area contributed by atoms with Crippen LogP contribution in [0.25, 0.3) is 109 Å². The molecule has 11 rings (SSSR count). The van der Waals surface area contributed by atoms with Gasteiger partial charge in [-0.3, -0.25) is 0 Å². The van der Waals surface area contributed by atoms with Crippen molar-refractivity contribution in [2.24, 2.45) is 0 Å². The molecular formula is C50H30O. The monoisotopic (exact) mass is 646 g/mol. The van der Waals surface area contributed by atoms with Crippen LogP contribution in [0.1, 0.15) is 0 Å². The van der Waals surface area contributed by atoms with Crippen LogP contribution in [0.15, 0.2) is 186 Å². The number of benzene rings is 10. The first kappa shape index (κ1) is 28.2. The minimum absolute atomic E-state index is 0.917. The van der Waals surface area contributed by atoms with E-state index < -0.39 is 0 Å². The maximum absolute atomic E-state index is 6.70. The second-order valence-corrected chi connectivity index (χ2v) is 13.6. The van der Waals surface area contributed by atoms with E-state index in [1.807, 2.05) is 0 Å². The summed E-state index contributed by atoms with van der Waals surface area (Å²) in [7, 11) is 0. The quantitative estimate of drug-likeness (QED) is 0.174. The van der Waals surface area contributed by atoms with E-state index in [0.717, 1.165) is 27.3 Å². The summed E-state index contributed by atoms with van der Waals surface area (Å²) in [4.78, 5) is 0. The lowest BCUT2D eigenvalue weighted by Gasteiger charge is -2.18. The van der Waals surface area contributed by atoms with Crippen LogP contribution in [0.3, 0.4) is 0 Å². The highest BCUT2D eigenvalue weighted by atomic mass is 16.3. The SMILES string of the molecule is c1ccc2cc(-c3c4ccccc4c(-c4ccc(-c5c6ccccc6cc6oc7c8ccccc8ccc7c56)cc4)c4ccccc34)ccc2c1. The van der Waals surface area contributed by atoms with E-state index in [1.54, 1.807) is 0 Å². The van der Waals surface area contributed by atoms with Crippen molar-refractivity contribution >= 4 is 75.8 Å². The molecule has 236 valence electrons. The number of hydrogen-bond donors (Lipinski definition) is 0. The molecule has 0 amide bonds. The van der Waals surface area contributed by atoms with Crippen LogP contribution in [0.5, 0.6) is 0 Å². The van der Waals surface area contributed by atoms with Crippen LogP contribution in [0.4, 0.5) is 0 Å². The van der Waals surface area contributed by atoms with Crippen LogP contribution >= 0.6 is 0 Å². The third-order valence-electron chi connectivity index (χ3n) is 10.8. The summed E-state index contributed by atoms with van der Waals surface area (Å²) in [6.45, 7) is 0. The van der Waals surface area contributed by atoms with Gasteiger partial charge in [0.2, 0.25) is 0 Å². The number of hydrogen-bond acceptors (Lipinski definition) is 1. The Balaban J connectivity index is 1.15. The van der Waals surface area contributed by atoms with Gasteiger partial charge in [-0.15, -0.1) is 0 Å². The average molecular weight is 647 g/mol. The topological polar surface area (TPSA) is 13.1 Å². The first-order valence-corrected chi connectivity index (χ1v) is 17.6. The van der Waals surface area contributed by atoms with Crippen molar-refractivity contribution in [2.45, 2.75) is 0 Å². The zero-order chi connectivity index (χ0) is 33.5. The predicted molar refractivity (Wildman–Crippen MR) is 218 cm³/mol. The molecule has 0 atom stereocenters. The molecule has 1 nitrogen and oxygen atoms in total. The lowest BCUT2D eigenvalue weighted by atomic mass is 9.85. The normalized spacial score (nSPS) is 11.9. The number of rotatable bonds is 3. The van der Waals surface area contributed by atoms with Crippen molar-refractivity contribution in [3.63, 3.8) is 0 Å². The Hall–Kier alpha value is -6.70. The molecule has 51 heavy (non-hydrogen) atoms. The molecule has 0 aliphatic heterocycles. The largest absolute Gasteiger partial charge is 0.455 e. The molecule has 1 aromatic heterocycles. The van der Waals surface area contributed by atoms with Crippen molar-refractivity contribution in [3.8, 4) is 33.4 Å². The summed E-state index contributed by atoms with van der Waals surface area (Å²) in [5.41, 5.74) is 9.24. The Morgan fingerprint density at radius 3 is 1.41 bits per heavy atom. The Morgan fingerprint density at radius 2 is 0.745 bits per heavy atom. The predicted octanol–water partition coefficient (Wildman–Crippen LogP) is 14.4. The summed E-state index contributed by atoms with van der Waals surface area (Å²) in [5.74, 6) is 0. The Morgan fingerprint density at radius 1 is 0.275 bits per heavy atom. The molecule has 0 saturated carbocycles. The molecule has 0 aliphatic rings. The summed E-state index contributed by atoms with van der Waals surface area (Å²) in [6, 6.07) is 66.3. The van der Waals surface area contributed by atoms with E-state index >= 15 is 0 Å². The van der Waals surface area contributed by atoms with Gasteiger partial charge < -0.3 is 4.42 Å². The zero-order valence-electron chi connectivity index (χ0n) is 27.7. The van der Waals surface area contributed by atoms with Gasteiger partial charge in [0.1, 0.15) is 11.2 Å². The van der Waals surface area contributed by atoms with Gasteiger partial charge in [0.15, 0.2) is 0 Å². The third-order valence-corrected chi connectivity index (χ3v) is 10.8. The lowest BCUT2D eigenvalue weighted by molar-refractivity contribution is 0.673. The van der Waals surface area contributed by atoms with E-state index in [-0.39, 0.29) is 0 Å². The molecule has 0 radical (unpaired) electrons. The molecule has 11 aromatic rings. The second kappa shape index (κ2) is 10.9. The minimum Gasteiger partial charge on any atom is -0.455 e. The van der Waals surface area contributed by atoms with E-state index in [2.05, 4.69) is 182 Å².